The first-order valence-electron chi connectivity index (χ1n) is 14.8. The van der Waals surface area contributed by atoms with Gasteiger partial charge in [-0.2, -0.15) is 0 Å². The fourth-order valence-electron chi connectivity index (χ4n) is 6.08. The SMILES string of the molecule is CC(=O)N[C@H]1[C@@H](O)[C@@H](O)[C@@H](CO)O[C@H]1[C@]1(O[C@@H]2O[C@H](CO)[C@H](O)[C@H](O)[C@H]2O)[C@H](O)[C@@H](O)[C@@H](OCCc2ccc(N)cc2)O[C@@H]1CO. The van der Waals surface area contributed by atoms with Gasteiger partial charge in [-0.25, -0.2) is 0 Å². The van der Waals surface area contributed by atoms with Crippen molar-refractivity contribution in [3.63, 3.8) is 0 Å². The number of rotatable bonds is 11. The van der Waals surface area contributed by atoms with Crippen molar-refractivity contribution in [1.82, 2.24) is 5.32 Å². The van der Waals surface area contributed by atoms with Crippen LogP contribution < -0.4 is 11.1 Å². The van der Waals surface area contributed by atoms with E-state index < -0.39 is 117 Å². The number of ether oxygens (including phenoxy) is 5. The van der Waals surface area contributed by atoms with E-state index in [1.165, 1.54) is 0 Å². The van der Waals surface area contributed by atoms with Crippen LogP contribution in [0.25, 0.3) is 0 Å². The average molecular weight is 665 g/mol. The molecule has 0 radical (unpaired) electrons. The van der Waals surface area contributed by atoms with Gasteiger partial charge in [0.1, 0.15) is 67.1 Å². The van der Waals surface area contributed by atoms with Crippen LogP contribution in [0.1, 0.15) is 12.5 Å². The quantitative estimate of drug-likeness (QED) is 0.0979. The molecule has 1 aromatic rings. The lowest BCUT2D eigenvalue weighted by Crippen LogP contribution is -2.81. The smallest absolute Gasteiger partial charge is 0.217 e. The molecular weight excluding hydrogens is 620 g/mol. The molecule has 3 fully saturated rings. The van der Waals surface area contributed by atoms with Gasteiger partial charge in [-0.15, -0.1) is 0 Å². The number of nitrogens with two attached hydrogens (primary N) is 1. The van der Waals surface area contributed by atoms with E-state index in [0.717, 1.165) is 12.5 Å². The molecular formula is C28H44N2O16. The van der Waals surface area contributed by atoms with E-state index >= 15 is 0 Å². The lowest BCUT2D eigenvalue weighted by atomic mass is 9.73. The van der Waals surface area contributed by atoms with Crippen LogP contribution in [0.5, 0.6) is 0 Å². The van der Waals surface area contributed by atoms with Gasteiger partial charge in [0.05, 0.1) is 32.5 Å². The number of carbonyl (C=O) groups is 1. The van der Waals surface area contributed by atoms with Crippen molar-refractivity contribution in [3.8, 4) is 0 Å². The molecule has 262 valence electrons. The summed E-state index contributed by atoms with van der Waals surface area (Å²) in [6, 6.07) is 5.18. The second-order valence-corrected chi connectivity index (χ2v) is 11.6. The van der Waals surface area contributed by atoms with Crippen LogP contribution in [0.4, 0.5) is 5.69 Å². The van der Waals surface area contributed by atoms with Crippen molar-refractivity contribution in [2.45, 2.75) is 105 Å². The third-order valence-electron chi connectivity index (χ3n) is 8.59. The number of aliphatic hydroxyl groups is 10. The summed E-state index contributed by atoms with van der Waals surface area (Å²) in [5.41, 5.74) is 4.42. The Kier molecular flexibility index (Phi) is 12.3. The Balaban J connectivity index is 1.74. The van der Waals surface area contributed by atoms with Gasteiger partial charge in [0, 0.05) is 12.6 Å². The van der Waals surface area contributed by atoms with Crippen LogP contribution in [0.2, 0.25) is 0 Å². The molecule has 1 amide bonds. The third kappa shape index (κ3) is 7.16. The number of nitrogens with one attached hydrogen (secondary N) is 1. The van der Waals surface area contributed by atoms with Crippen LogP contribution in [0.3, 0.4) is 0 Å². The zero-order chi connectivity index (χ0) is 33.9. The van der Waals surface area contributed by atoms with Crippen LogP contribution in [0, 0.1) is 0 Å². The van der Waals surface area contributed by atoms with E-state index in [1.807, 2.05) is 0 Å². The van der Waals surface area contributed by atoms with Crippen LogP contribution in [-0.4, -0.2) is 175 Å². The molecule has 0 aliphatic carbocycles. The Bertz CT molecular complexity index is 1130. The van der Waals surface area contributed by atoms with E-state index in [-0.39, 0.29) is 6.61 Å². The first-order valence-corrected chi connectivity index (χ1v) is 14.8. The topological polar surface area (TPSA) is 304 Å². The Hall–Kier alpha value is -2.11. The second-order valence-electron chi connectivity index (χ2n) is 11.6. The maximum atomic E-state index is 12.2. The zero-order valence-electron chi connectivity index (χ0n) is 24.9. The van der Waals surface area contributed by atoms with Gasteiger partial charge in [-0.1, -0.05) is 12.1 Å². The van der Waals surface area contributed by atoms with Gasteiger partial charge >= 0.3 is 0 Å². The van der Waals surface area contributed by atoms with E-state index in [2.05, 4.69) is 5.32 Å². The minimum absolute atomic E-state index is 0.0526. The molecule has 1 aromatic carbocycles. The number of nitrogen functional groups attached to an aromatic ring is 1. The highest BCUT2D eigenvalue weighted by atomic mass is 16.8. The number of anilines is 1. The molecule has 13 N–H and O–H groups in total. The van der Waals surface area contributed by atoms with Crippen LogP contribution in [0.15, 0.2) is 24.3 Å². The van der Waals surface area contributed by atoms with E-state index in [0.29, 0.717) is 12.1 Å². The van der Waals surface area contributed by atoms with Crippen LogP contribution >= 0.6 is 0 Å². The first kappa shape index (κ1) is 36.7. The molecule has 0 saturated carbocycles. The largest absolute Gasteiger partial charge is 0.399 e. The molecule has 3 aliphatic heterocycles. The summed E-state index contributed by atoms with van der Waals surface area (Å²) >= 11 is 0. The molecule has 15 atom stereocenters. The van der Waals surface area contributed by atoms with E-state index in [4.69, 9.17) is 29.4 Å². The summed E-state index contributed by atoms with van der Waals surface area (Å²) in [6.07, 6.45) is -23.8. The van der Waals surface area contributed by atoms with Crippen molar-refractivity contribution < 1.29 is 79.5 Å². The number of hydrogen-bond acceptors (Lipinski definition) is 17. The highest BCUT2D eigenvalue weighted by Crippen LogP contribution is 2.44. The molecule has 46 heavy (non-hydrogen) atoms. The van der Waals surface area contributed by atoms with Crippen molar-refractivity contribution in [2.24, 2.45) is 0 Å². The highest BCUT2D eigenvalue weighted by molar-refractivity contribution is 5.73. The minimum Gasteiger partial charge on any atom is -0.399 e. The monoisotopic (exact) mass is 664 g/mol. The number of aliphatic hydroxyl groups excluding tert-OH is 10. The van der Waals surface area contributed by atoms with E-state index in [9.17, 15) is 55.9 Å². The predicted octanol–water partition coefficient (Wildman–Crippen LogP) is -6.19. The van der Waals surface area contributed by atoms with Gasteiger partial charge in [0.2, 0.25) is 5.91 Å². The Labute approximate surface area is 263 Å². The molecule has 18 nitrogen and oxygen atoms in total. The summed E-state index contributed by atoms with van der Waals surface area (Å²) in [5.74, 6) is -0.758. The summed E-state index contributed by atoms with van der Waals surface area (Å²) in [4.78, 5) is 12.2. The zero-order valence-corrected chi connectivity index (χ0v) is 24.9. The summed E-state index contributed by atoms with van der Waals surface area (Å²) in [7, 11) is 0. The molecule has 3 saturated heterocycles. The van der Waals surface area contributed by atoms with Crippen molar-refractivity contribution in [2.75, 3.05) is 32.2 Å². The van der Waals surface area contributed by atoms with Crippen molar-refractivity contribution in [3.05, 3.63) is 29.8 Å². The average Bonchev–Trinajstić information content (AvgIpc) is 3.03. The summed E-state index contributed by atoms with van der Waals surface area (Å²) in [6.45, 7) is -1.76. The molecule has 18 heteroatoms. The fraction of sp³-hybridized carbons (Fsp3) is 0.750. The lowest BCUT2D eigenvalue weighted by Gasteiger charge is -2.58. The molecule has 0 bridgehead atoms. The number of carbonyl (C=O) groups excluding carboxylic acids is 1. The van der Waals surface area contributed by atoms with E-state index in [1.54, 1.807) is 24.3 Å². The van der Waals surface area contributed by atoms with Gasteiger partial charge in [0.15, 0.2) is 18.2 Å². The first-order chi connectivity index (χ1) is 21.8. The number of amides is 1. The van der Waals surface area contributed by atoms with Gasteiger partial charge in [-0.3, -0.25) is 4.79 Å². The molecule has 0 spiro atoms. The van der Waals surface area contributed by atoms with Gasteiger partial charge < -0.3 is 85.8 Å². The standard InChI is InChI=1S/C28H44N2O16/c1-11(34)30-17-20(37)18(35)14(8-31)43-25(17)28(46-27-22(39)21(38)19(36)15(9-32)44-27)16(10-33)45-26(23(40)24(28)41)42-7-6-12-2-4-13(29)5-3-12/h2-5,14-27,31-33,35-41H,6-10,29H2,1H3,(H,30,34)/t14-,15-,16-,17+,18+,19+,20-,21+,22-,23-,24-,25-,26+,27+,28-/m1/s1. The fourth-order valence-corrected chi connectivity index (χ4v) is 6.08. The maximum Gasteiger partial charge on any atom is 0.217 e. The van der Waals surface area contributed by atoms with Gasteiger partial charge in [0.25, 0.3) is 0 Å². The lowest BCUT2D eigenvalue weighted by molar-refractivity contribution is -0.415. The Morgan fingerprint density at radius 2 is 1.41 bits per heavy atom. The normalized spacial score (nSPS) is 43.3. The van der Waals surface area contributed by atoms with Crippen molar-refractivity contribution >= 4 is 11.6 Å². The second kappa shape index (κ2) is 15.4. The summed E-state index contributed by atoms with van der Waals surface area (Å²) in [5, 5.41) is 109. The summed E-state index contributed by atoms with van der Waals surface area (Å²) < 4.78 is 29.0. The van der Waals surface area contributed by atoms with Crippen LogP contribution in [-0.2, 0) is 34.9 Å². The third-order valence-corrected chi connectivity index (χ3v) is 8.59. The number of benzene rings is 1. The molecule has 4 rings (SSSR count). The Morgan fingerprint density at radius 1 is 0.804 bits per heavy atom. The minimum atomic E-state index is -2.65. The maximum absolute atomic E-state index is 12.2. The molecule has 0 aromatic heterocycles. The Morgan fingerprint density at radius 3 is 2.00 bits per heavy atom. The highest BCUT2D eigenvalue weighted by Gasteiger charge is 2.67. The molecule has 0 unspecified atom stereocenters. The molecule has 3 heterocycles. The van der Waals surface area contributed by atoms with Crippen molar-refractivity contribution in [1.29, 1.82) is 0 Å². The molecule has 3 aliphatic rings. The van der Waals surface area contributed by atoms with Gasteiger partial charge in [-0.05, 0) is 24.1 Å². The predicted molar refractivity (Wildman–Crippen MR) is 151 cm³/mol. The number of hydrogen-bond donors (Lipinski definition) is 12.